The van der Waals surface area contributed by atoms with E-state index in [2.05, 4.69) is 27.1 Å². The molecule has 0 bridgehead atoms. The van der Waals surface area contributed by atoms with Crippen molar-refractivity contribution in [2.75, 3.05) is 58.9 Å². The van der Waals surface area contributed by atoms with Gasteiger partial charge in [0.1, 0.15) is 17.1 Å². The van der Waals surface area contributed by atoms with Gasteiger partial charge in [0, 0.05) is 80.1 Å². The molecule has 2 saturated heterocycles. The molecule has 2 aliphatic heterocycles. The van der Waals surface area contributed by atoms with Crippen LogP contribution in [0.25, 0.3) is 22.2 Å². The maximum atomic E-state index is 14.1. The number of fused-ring (bicyclic) bond motifs is 1. The zero-order valence-electron chi connectivity index (χ0n) is 24.0. The van der Waals surface area contributed by atoms with E-state index in [4.69, 9.17) is 30.8 Å². The zero-order valence-corrected chi connectivity index (χ0v) is 24.8. The van der Waals surface area contributed by atoms with Gasteiger partial charge >= 0.3 is 0 Å². The lowest BCUT2D eigenvalue weighted by Crippen LogP contribution is -2.45. The van der Waals surface area contributed by atoms with Crippen molar-refractivity contribution in [3.63, 3.8) is 0 Å². The van der Waals surface area contributed by atoms with Crippen molar-refractivity contribution in [1.82, 2.24) is 24.8 Å². The highest BCUT2D eigenvalue weighted by atomic mass is 35.5. The smallest absolute Gasteiger partial charge is 0.260 e. The molecule has 0 radical (unpaired) electrons. The number of nitrogens with one attached hydrogen (secondary N) is 2. The first-order valence-corrected chi connectivity index (χ1v) is 14.6. The summed E-state index contributed by atoms with van der Waals surface area (Å²) in [6.45, 7) is 8.38. The standard InChI is InChI=1S/C30H37ClN6O5/c1-4-26(38)34-21-5-8-36(9-6-21)10-11-37-28-20(17-33-30(35-28)32-16-19-7-12-42-18-19)13-24(29(37)39)23-14-22(40-2)15-25(41-3)27(23)31/h4,13-15,17,19,21H,1,5-12,16,18H2,2-3H3,(H,34,38)(H,32,33,35). The van der Waals surface area contributed by atoms with Crippen molar-refractivity contribution >= 4 is 34.5 Å². The zero-order chi connectivity index (χ0) is 29.6. The monoisotopic (exact) mass is 596 g/mol. The topological polar surface area (TPSA) is 120 Å². The van der Waals surface area contributed by atoms with Gasteiger partial charge in [0.15, 0.2) is 0 Å². The first kappa shape index (κ1) is 29.8. The molecule has 224 valence electrons. The molecular formula is C30H37ClN6O5. The van der Waals surface area contributed by atoms with E-state index < -0.39 is 0 Å². The van der Waals surface area contributed by atoms with Crippen LogP contribution in [-0.4, -0.2) is 85.0 Å². The van der Waals surface area contributed by atoms with Gasteiger partial charge < -0.3 is 29.7 Å². The summed E-state index contributed by atoms with van der Waals surface area (Å²) >= 11 is 6.71. The quantitative estimate of drug-likeness (QED) is 0.321. The second-order valence-corrected chi connectivity index (χ2v) is 11.0. The molecule has 1 unspecified atom stereocenters. The van der Waals surface area contributed by atoms with Gasteiger partial charge in [-0.1, -0.05) is 18.2 Å². The van der Waals surface area contributed by atoms with Gasteiger partial charge in [0.05, 0.1) is 25.8 Å². The number of halogens is 1. The number of carbonyl (C=O) groups excluding carboxylic acids is 1. The first-order chi connectivity index (χ1) is 20.4. The number of piperidine rings is 1. The summed E-state index contributed by atoms with van der Waals surface area (Å²) in [5.74, 6) is 1.65. The second kappa shape index (κ2) is 13.5. The predicted octanol–water partition coefficient (Wildman–Crippen LogP) is 3.34. The highest BCUT2D eigenvalue weighted by Gasteiger charge is 2.23. The summed E-state index contributed by atoms with van der Waals surface area (Å²) in [7, 11) is 3.08. The van der Waals surface area contributed by atoms with Crippen molar-refractivity contribution < 1.29 is 19.0 Å². The number of hydrogen-bond acceptors (Lipinski definition) is 9. The van der Waals surface area contributed by atoms with E-state index in [0.717, 1.165) is 39.0 Å². The number of anilines is 1. The molecule has 3 aromatic rings. The number of benzene rings is 1. The number of ether oxygens (including phenoxy) is 3. The van der Waals surface area contributed by atoms with Gasteiger partial charge in [-0.2, -0.15) is 4.98 Å². The normalized spacial score (nSPS) is 17.7. The van der Waals surface area contributed by atoms with Gasteiger partial charge in [-0.25, -0.2) is 4.98 Å². The fourth-order valence-electron chi connectivity index (χ4n) is 5.46. The van der Waals surface area contributed by atoms with Gasteiger partial charge in [-0.3, -0.25) is 14.2 Å². The molecule has 0 aliphatic carbocycles. The lowest BCUT2D eigenvalue weighted by atomic mass is 10.0. The Kier molecular flexibility index (Phi) is 9.61. The van der Waals surface area contributed by atoms with Crippen LogP contribution in [0.1, 0.15) is 19.3 Å². The molecule has 0 spiro atoms. The molecule has 42 heavy (non-hydrogen) atoms. The second-order valence-electron chi connectivity index (χ2n) is 10.6. The molecule has 0 saturated carbocycles. The Balaban J connectivity index is 1.47. The largest absolute Gasteiger partial charge is 0.497 e. The summed E-state index contributed by atoms with van der Waals surface area (Å²) in [6.07, 6.45) is 5.68. The first-order valence-electron chi connectivity index (χ1n) is 14.2. The average Bonchev–Trinajstić information content (AvgIpc) is 3.54. The third kappa shape index (κ3) is 6.69. The minimum Gasteiger partial charge on any atom is -0.497 e. The number of nitrogens with zero attached hydrogens (tertiary/aromatic N) is 4. The van der Waals surface area contributed by atoms with Crippen LogP contribution in [0.4, 0.5) is 5.95 Å². The van der Waals surface area contributed by atoms with Crippen LogP contribution in [-0.2, 0) is 16.1 Å². The predicted molar refractivity (Wildman–Crippen MR) is 163 cm³/mol. The maximum Gasteiger partial charge on any atom is 0.260 e. The van der Waals surface area contributed by atoms with E-state index in [1.165, 1.54) is 13.2 Å². The molecule has 4 heterocycles. The van der Waals surface area contributed by atoms with Crippen LogP contribution in [0.2, 0.25) is 5.02 Å². The third-order valence-electron chi connectivity index (χ3n) is 7.92. The Morgan fingerprint density at radius 3 is 2.67 bits per heavy atom. The summed E-state index contributed by atoms with van der Waals surface area (Å²) in [5, 5.41) is 7.33. The number of hydrogen-bond donors (Lipinski definition) is 2. The number of aromatic nitrogens is 3. The van der Waals surface area contributed by atoms with Crippen LogP contribution < -0.4 is 25.7 Å². The molecule has 1 aromatic carbocycles. The summed E-state index contributed by atoms with van der Waals surface area (Å²) in [5.41, 5.74) is 1.24. The summed E-state index contributed by atoms with van der Waals surface area (Å²) < 4.78 is 18.1. The summed E-state index contributed by atoms with van der Waals surface area (Å²) in [6, 6.07) is 5.32. The van der Waals surface area contributed by atoms with E-state index >= 15 is 0 Å². The van der Waals surface area contributed by atoms with Crippen molar-refractivity contribution in [2.24, 2.45) is 5.92 Å². The highest BCUT2D eigenvalue weighted by Crippen LogP contribution is 2.38. The molecule has 12 heteroatoms. The van der Waals surface area contributed by atoms with E-state index in [1.807, 2.05) is 0 Å². The van der Waals surface area contributed by atoms with E-state index in [0.29, 0.717) is 76.8 Å². The van der Waals surface area contributed by atoms with E-state index in [9.17, 15) is 9.59 Å². The van der Waals surface area contributed by atoms with Gasteiger partial charge in [-0.05, 0) is 37.5 Å². The van der Waals surface area contributed by atoms with Crippen molar-refractivity contribution in [2.45, 2.75) is 31.8 Å². The Morgan fingerprint density at radius 1 is 1.17 bits per heavy atom. The lowest BCUT2D eigenvalue weighted by molar-refractivity contribution is -0.117. The Morgan fingerprint density at radius 2 is 1.98 bits per heavy atom. The molecule has 2 fully saturated rings. The highest BCUT2D eigenvalue weighted by molar-refractivity contribution is 6.35. The van der Waals surface area contributed by atoms with Crippen LogP contribution in [0, 0.1) is 5.92 Å². The molecule has 2 aliphatic rings. The van der Waals surface area contributed by atoms with Crippen LogP contribution in [0.5, 0.6) is 11.5 Å². The number of carbonyl (C=O) groups is 1. The van der Waals surface area contributed by atoms with Gasteiger partial charge in [-0.15, -0.1) is 0 Å². The molecule has 5 rings (SSSR count). The SMILES string of the molecule is C=CC(=O)NC1CCN(CCn2c(=O)c(-c3cc(OC)cc(OC)c3Cl)cc3cnc(NCC4CCOC4)nc32)CC1. The van der Waals surface area contributed by atoms with E-state index in [-0.39, 0.29) is 17.5 Å². The molecular weight excluding hydrogens is 560 g/mol. The van der Waals surface area contributed by atoms with Gasteiger partial charge in [0.25, 0.3) is 5.56 Å². The molecule has 1 amide bonds. The van der Waals surface area contributed by atoms with E-state index in [1.54, 1.807) is 36.1 Å². The minimum atomic E-state index is -0.221. The minimum absolute atomic E-state index is 0.121. The Hall–Kier alpha value is -3.67. The van der Waals surface area contributed by atoms with Crippen molar-refractivity contribution in [3.05, 3.63) is 52.4 Å². The Labute approximate surface area is 249 Å². The number of methoxy groups -OCH3 is 2. The Bertz CT molecular complexity index is 1500. The number of amides is 1. The van der Waals surface area contributed by atoms with Crippen LogP contribution in [0.3, 0.4) is 0 Å². The van der Waals surface area contributed by atoms with Crippen LogP contribution >= 0.6 is 11.6 Å². The molecule has 2 aromatic heterocycles. The lowest BCUT2D eigenvalue weighted by Gasteiger charge is -2.32. The number of pyridine rings is 1. The number of likely N-dealkylation sites (tertiary alicyclic amines) is 1. The fraction of sp³-hybridized carbons (Fsp3) is 0.467. The summed E-state index contributed by atoms with van der Waals surface area (Å²) in [4.78, 5) is 37.5. The van der Waals surface area contributed by atoms with Crippen molar-refractivity contribution in [1.29, 1.82) is 0 Å². The molecule has 2 N–H and O–H groups in total. The van der Waals surface area contributed by atoms with Crippen molar-refractivity contribution in [3.8, 4) is 22.6 Å². The molecule has 1 atom stereocenters. The fourth-order valence-corrected chi connectivity index (χ4v) is 5.75. The van der Waals surface area contributed by atoms with Crippen LogP contribution in [0.15, 0.2) is 41.8 Å². The number of rotatable bonds is 11. The maximum absolute atomic E-state index is 14.1. The third-order valence-corrected chi connectivity index (χ3v) is 8.31. The average molecular weight is 597 g/mol. The molecule has 11 nitrogen and oxygen atoms in total. The van der Waals surface area contributed by atoms with Gasteiger partial charge in [0.2, 0.25) is 11.9 Å².